The highest BCUT2D eigenvalue weighted by molar-refractivity contribution is 5.84. The fourth-order valence-electron chi connectivity index (χ4n) is 3.80. The van der Waals surface area contributed by atoms with E-state index < -0.39 is 5.60 Å². The first-order chi connectivity index (χ1) is 11.4. The lowest BCUT2D eigenvalue weighted by atomic mass is 9.97. The van der Waals surface area contributed by atoms with Gasteiger partial charge in [0.2, 0.25) is 0 Å². The number of aryl methyl sites for hydroxylation is 1. The second kappa shape index (κ2) is 6.48. The quantitative estimate of drug-likeness (QED) is 0.807. The fourth-order valence-corrected chi connectivity index (χ4v) is 3.80. The van der Waals surface area contributed by atoms with Crippen LogP contribution in [0.15, 0.2) is 24.3 Å². The van der Waals surface area contributed by atoms with Crippen molar-refractivity contribution in [2.24, 2.45) is 0 Å². The Morgan fingerprint density at radius 2 is 2.17 bits per heavy atom. The lowest BCUT2D eigenvalue weighted by Gasteiger charge is -2.33. The normalized spacial score (nSPS) is 18.3. The van der Waals surface area contributed by atoms with Gasteiger partial charge >= 0.3 is 6.03 Å². The molecular formula is C19H27N3O2. The number of benzene rings is 1. The largest absolute Gasteiger partial charge is 0.388 e. The van der Waals surface area contributed by atoms with Crippen molar-refractivity contribution in [3.05, 3.63) is 35.5 Å². The summed E-state index contributed by atoms with van der Waals surface area (Å²) >= 11 is 0. The van der Waals surface area contributed by atoms with Crippen molar-refractivity contribution in [2.75, 3.05) is 13.1 Å². The summed E-state index contributed by atoms with van der Waals surface area (Å²) in [7, 11) is 0. The Morgan fingerprint density at radius 1 is 1.42 bits per heavy atom. The Hall–Kier alpha value is -2.01. The highest BCUT2D eigenvalue weighted by atomic mass is 16.3. The monoisotopic (exact) mass is 329 g/mol. The zero-order valence-electron chi connectivity index (χ0n) is 14.7. The molecule has 0 unspecified atom stereocenters. The molecule has 3 rings (SSSR count). The van der Waals surface area contributed by atoms with Gasteiger partial charge in [-0.05, 0) is 51.7 Å². The van der Waals surface area contributed by atoms with Gasteiger partial charge in [0.15, 0.2) is 0 Å². The number of amides is 2. The molecule has 1 atom stereocenters. The van der Waals surface area contributed by atoms with Gasteiger partial charge < -0.3 is 20.3 Å². The Bertz CT molecular complexity index is 730. The van der Waals surface area contributed by atoms with E-state index in [9.17, 15) is 9.90 Å². The second-order valence-corrected chi connectivity index (χ2v) is 7.26. The number of nitrogens with one attached hydrogen (secondary N) is 2. The standard InChI is InChI=1S/C19H27N3O2/c1-13-14(15-7-4-5-8-16(15)21-13)10-11-20-18(23)22-12-6-9-17(22)19(2,3)24/h4-5,7-8,17,21,24H,6,9-12H2,1-3H3,(H,20,23)/t17-/m1/s1. The number of likely N-dealkylation sites (tertiary alicyclic amines) is 1. The Balaban J connectivity index is 1.62. The SMILES string of the molecule is Cc1[nH]c2ccccc2c1CCNC(=O)N1CCC[C@@H]1C(C)(C)O. The van der Waals surface area contributed by atoms with Crippen LogP contribution >= 0.6 is 0 Å². The predicted octanol–water partition coefficient (Wildman–Crippen LogP) is 2.96. The van der Waals surface area contributed by atoms with Crippen LogP contribution in [0.5, 0.6) is 0 Å². The van der Waals surface area contributed by atoms with Gasteiger partial charge in [-0.15, -0.1) is 0 Å². The fraction of sp³-hybridized carbons (Fsp3) is 0.526. The van der Waals surface area contributed by atoms with Crippen molar-refractivity contribution in [3.63, 3.8) is 0 Å². The first-order valence-electron chi connectivity index (χ1n) is 8.71. The van der Waals surface area contributed by atoms with Gasteiger partial charge in [-0.3, -0.25) is 0 Å². The molecule has 1 aromatic carbocycles. The van der Waals surface area contributed by atoms with Crippen molar-refractivity contribution < 1.29 is 9.90 Å². The Morgan fingerprint density at radius 3 is 2.92 bits per heavy atom. The number of carbonyl (C=O) groups excluding carboxylic acids is 1. The summed E-state index contributed by atoms with van der Waals surface area (Å²) in [4.78, 5) is 17.6. The maximum atomic E-state index is 12.5. The predicted molar refractivity (Wildman–Crippen MR) is 96.2 cm³/mol. The number of aromatic nitrogens is 1. The van der Waals surface area contributed by atoms with Gasteiger partial charge in [0, 0.05) is 29.7 Å². The number of para-hydroxylation sites is 1. The lowest BCUT2D eigenvalue weighted by molar-refractivity contribution is 0.00986. The first kappa shape index (κ1) is 16.8. The van der Waals surface area contributed by atoms with E-state index in [0.29, 0.717) is 13.1 Å². The van der Waals surface area contributed by atoms with Crippen molar-refractivity contribution in [2.45, 2.75) is 51.7 Å². The van der Waals surface area contributed by atoms with Crippen LogP contribution in [-0.2, 0) is 6.42 Å². The highest BCUT2D eigenvalue weighted by Crippen LogP contribution is 2.26. The minimum absolute atomic E-state index is 0.0721. The van der Waals surface area contributed by atoms with Crippen LogP contribution in [0.25, 0.3) is 10.9 Å². The van der Waals surface area contributed by atoms with Crippen LogP contribution in [0, 0.1) is 6.92 Å². The first-order valence-corrected chi connectivity index (χ1v) is 8.71. The van der Waals surface area contributed by atoms with Crippen molar-refractivity contribution in [3.8, 4) is 0 Å². The summed E-state index contributed by atoms with van der Waals surface area (Å²) in [5, 5.41) is 14.5. The van der Waals surface area contributed by atoms with E-state index in [-0.39, 0.29) is 12.1 Å². The summed E-state index contributed by atoms with van der Waals surface area (Å²) in [6.45, 7) is 6.93. The molecule has 5 nitrogen and oxygen atoms in total. The van der Waals surface area contributed by atoms with Crippen molar-refractivity contribution in [1.29, 1.82) is 0 Å². The molecule has 0 saturated carbocycles. The van der Waals surface area contributed by atoms with Crippen LogP contribution in [-0.4, -0.2) is 45.8 Å². The summed E-state index contributed by atoms with van der Waals surface area (Å²) < 4.78 is 0. The van der Waals surface area contributed by atoms with E-state index in [0.717, 1.165) is 30.5 Å². The van der Waals surface area contributed by atoms with E-state index in [2.05, 4.69) is 29.4 Å². The van der Waals surface area contributed by atoms with E-state index in [1.165, 1.54) is 10.9 Å². The molecule has 2 amide bonds. The molecule has 1 saturated heterocycles. The minimum atomic E-state index is -0.860. The van der Waals surface area contributed by atoms with Crippen LogP contribution in [0.2, 0.25) is 0 Å². The van der Waals surface area contributed by atoms with E-state index >= 15 is 0 Å². The number of nitrogens with zero attached hydrogens (tertiary/aromatic N) is 1. The molecule has 2 heterocycles. The number of rotatable bonds is 4. The van der Waals surface area contributed by atoms with Crippen molar-refractivity contribution in [1.82, 2.24) is 15.2 Å². The number of hydrogen-bond donors (Lipinski definition) is 3. The summed E-state index contributed by atoms with van der Waals surface area (Å²) in [5.41, 5.74) is 2.69. The van der Waals surface area contributed by atoms with Crippen LogP contribution in [0.4, 0.5) is 4.79 Å². The second-order valence-electron chi connectivity index (χ2n) is 7.26. The molecule has 3 N–H and O–H groups in total. The third kappa shape index (κ3) is 3.26. The van der Waals surface area contributed by atoms with Gasteiger partial charge in [-0.2, -0.15) is 0 Å². The highest BCUT2D eigenvalue weighted by Gasteiger charge is 2.38. The number of fused-ring (bicyclic) bond motifs is 1. The van der Waals surface area contributed by atoms with Gasteiger partial charge in [-0.1, -0.05) is 18.2 Å². The number of H-pyrrole nitrogens is 1. The molecule has 5 heteroatoms. The maximum absolute atomic E-state index is 12.5. The molecule has 0 aliphatic carbocycles. The lowest BCUT2D eigenvalue weighted by Crippen LogP contribution is -2.51. The van der Waals surface area contributed by atoms with E-state index in [1.54, 1.807) is 18.7 Å². The van der Waals surface area contributed by atoms with Crippen LogP contribution in [0.3, 0.4) is 0 Å². The molecular weight excluding hydrogens is 302 g/mol. The van der Waals surface area contributed by atoms with Crippen LogP contribution < -0.4 is 5.32 Å². The Labute approximate surface area is 143 Å². The molecule has 0 bridgehead atoms. The molecule has 0 spiro atoms. The number of aromatic amines is 1. The molecule has 1 aliphatic heterocycles. The number of urea groups is 1. The molecule has 0 radical (unpaired) electrons. The number of aliphatic hydroxyl groups is 1. The zero-order chi connectivity index (χ0) is 17.3. The van der Waals surface area contributed by atoms with Gasteiger partial charge in [0.1, 0.15) is 0 Å². The van der Waals surface area contributed by atoms with E-state index in [4.69, 9.17) is 0 Å². The summed E-state index contributed by atoms with van der Waals surface area (Å²) in [6, 6.07) is 8.07. The molecule has 130 valence electrons. The third-order valence-corrected chi connectivity index (χ3v) is 5.01. The average molecular weight is 329 g/mol. The topological polar surface area (TPSA) is 68.4 Å². The molecule has 1 aliphatic rings. The van der Waals surface area contributed by atoms with Gasteiger partial charge in [-0.25, -0.2) is 4.79 Å². The Kier molecular flexibility index (Phi) is 4.54. The minimum Gasteiger partial charge on any atom is -0.388 e. The third-order valence-electron chi connectivity index (χ3n) is 5.01. The molecule has 24 heavy (non-hydrogen) atoms. The maximum Gasteiger partial charge on any atom is 0.317 e. The molecule has 1 fully saturated rings. The molecule has 1 aromatic heterocycles. The number of hydrogen-bond acceptors (Lipinski definition) is 2. The van der Waals surface area contributed by atoms with Gasteiger partial charge in [0.25, 0.3) is 0 Å². The summed E-state index contributed by atoms with van der Waals surface area (Å²) in [5.74, 6) is 0. The van der Waals surface area contributed by atoms with E-state index in [1.807, 2.05) is 12.1 Å². The molecule has 2 aromatic rings. The average Bonchev–Trinajstić information content (AvgIpc) is 3.12. The number of carbonyl (C=O) groups is 1. The summed E-state index contributed by atoms with van der Waals surface area (Å²) in [6.07, 6.45) is 2.60. The van der Waals surface area contributed by atoms with Crippen LogP contribution in [0.1, 0.15) is 37.9 Å². The van der Waals surface area contributed by atoms with Crippen molar-refractivity contribution >= 4 is 16.9 Å². The smallest absolute Gasteiger partial charge is 0.317 e. The zero-order valence-corrected chi connectivity index (χ0v) is 14.7. The van der Waals surface area contributed by atoms with Gasteiger partial charge in [0.05, 0.1) is 11.6 Å².